The van der Waals surface area contributed by atoms with Crippen LogP contribution in [-0.4, -0.2) is 19.6 Å². The third kappa shape index (κ3) is 5.81. The van der Waals surface area contributed by atoms with Gasteiger partial charge in [-0.05, 0) is 47.7 Å². The fourth-order valence-corrected chi connectivity index (χ4v) is 2.59. The molecule has 0 saturated heterocycles. The molecule has 1 atom stereocenters. The Kier molecular flexibility index (Phi) is 7.34. The lowest BCUT2D eigenvalue weighted by atomic mass is 9.97. The van der Waals surface area contributed by atoms with Crippen LogP contribution in [0.1, 0.15) is 37.3 Å². The molecule has 1 N–H and O–H groups in total. The van der Waals surface area contributed by atoms with E-state index in [0.717, 1.165) is 17.7 Å². The number of alkyl halides is 2. The number of para-hydroxylation sites is 1. The van der Waals surface area contributed by atoms with Gasteiger partial charge in [0.1, 0.15) is 0 Å². The third-order valence-corrected chi connectivity index (χ3v) is 4.19. The molecule has 0 heterocycles. The summed E-state index contributed by atoms with van der Waals surface area (Å²) in [7, 11) is 1.36. The van der Waals surface area contributed by atoms with Crippen LogP contribution in [0, 0.1) is 0 Å². The maximum absolute atomic E-state index is 12.4. The fourth-order valence-electron chi connectivity index (χ4n) is 2.59. The van der Waals surface area contributed by atoms with Crippen LogP contribution in [-0.2, 0) is 4.79 Å². The summed E-state index contributed by atoms with van der Waals surface area (Å²) >= 11 is 0. The molecule has 2 aromatic rings. The summed E-state index contributed by atoms with van der Waals surface area (Å²) < 4.78 is 34.2. The molecule has 1 unspecified atom stereocenters. The number of nitrogens with one attached hydrogen (secondary N) is 1. The minimum absolute atomic E-state index is 0.0587. The van der Waals surface area contributed by atoms with Gasteiger partial charge < -0.3 is 14.8 Å². The summed E-state index contributed by atoms with van der Waals surface area (Å²) in [6.45, 7) is 1.27. The second-order valence-corrected chi connectivity index (χ2v) is 6.01. The molecule has 27 heavy (non-hydrogen) atoms. The Labute approximate surface area is 157 Å². The van der Waals surface area contributed by atoms with Crippen molar-refractivity contribution in [2.24, 2.45) is 0 Å². The minimum atomic E-state index is -2.93. The molecule has 2 aromatic carbocycles. The number of methoxy groups -OCH3 is 1. The lowest BCUT2D eigenvalue weighted by Crippen LogP contribution is -2.10. The summed E-state index contributed by atoms with van der Waals surface area (Å²) in [5.74, 6) is 0.159. The quantitative estimate of drug-likeness (QED) is 0.623. The van der Waals surface area contributed by atoms with Crippen molar-refractivity contribution < 1.29 is 23.0 Å². The summed E-state index contributed by atoms with van der Waals surface area (Å²) in [6, 6.07) is 12.2. The molecule has 0 aliphatic rings. The first-order chi connectivity index (χ1) is 12.9. The van der Waals surface area contributed by atoms with E-state index in [9.17, 15) is 13.6 Å². The van der Waals surface area contributed by atoms with Crippen molar-refractivity contribution in [3.8, 4) is 11.5 Å². The molecular formula is C21H23F2NO3. The Morgan fingerprint density at radius 3 is 2.59 bits per heavy atom. The Hall–Kier alpha value is -2.89. The van der Waals surface area contributed by atoms with Gasteiger partial charge in [0.05, 0.1) is 7.11 Å². The highest BCUT2D eigenvalue weighted by molar-refractivity contribution is 6.02. The number of ether oxygens (including phenoxy) is 2. The van der Waals surface area contributed by atoms with E-state index in [1.165, 1.54) is 25.3 Å². The molecular weight excluding hydrogens is 352 g/mol. The number of carbonyl (C=O) groups excluding carboxylic acids is 1. The van der Waals surface area contributed by atoms with Crippen molar-refractivity contribution in [1.29, 1.82) is 0 Å². The molecule has 0 fully saturated rings. The van der Waals surface area contributed by atoms with Gasteiger partial charge in [0.2, 0.25) is 5.91 Å². The predicted molar refractivity (Wildman–Crippen MR) is 102 cm³/mol. The van der Waals surface area contributed by atoms with Gasteiger partial charge in [-0.15, -0.1) is 0 Å². The molecule has 144 valence electrons. The van der Waals surface area contributed by atoms with Gasteiger partial charge in [-0.2, -0.15) is 8.78 Å². The van der Waals surface area contributed by atoms with E-state index < -0.39 is 6.61 Å². The molecule has 2 rings (SSSR count). The molecule has 6 heteroatoms. The third-order valence-electron chi connectivity index (χ3n) is 4.19. The zero-order valence-corrected chi connectivity index (χ0v) is 15.5. The van der Waals surface area contributed by atoms with Gasteiger partial charge >= 0.3 is 6.61 Å². The average molecular weight is 375 g/mol. The zero-order chi connectivity index (χ0) is 19.8. The molecule has 0 aromatic heterocycles. The van der Waals surface area contributed by atoms with Crippen molar-refractivity contribution in [1.82, 2.24) is 0 Å². The first-order valence-corrected chi connectivity index (χ1v) is 8.65. The Balaban J connectivity index is 2.11. The predicted octanol–water partition coefficient (Wildman–Crippen LogP) is 5.46. The van der Waals surface area contributed by atoms with Gasteiger partial charge in [0.25, 0.3) is 0 Å². The molecule has 0 aliphatic heterocycles. The van der Waals surface area contributed by atoms with Gasteiger partial charge in [-0.25, -0.2) is 0 Å². The highest BCUT2D eigenvalue weighted by atomic mass is 19.3. The number of carbonyl (C=O) groups is 1. The lowest BCUT2D eigenvalue weighted by Gasteiger charge is -2.14. The number of hydrogen-bond donors (Lipinski definition) is 1. The molecule has 0 radical (unpaired) electrons. The first kappa shape index (κ1) is 20.4. The number of rotatable bonds is 8. The molecule has 0 spiro atoms. The second-order valence-electron chi connectivity index (χ2n) is 6.01. The van der Waals surface area contributed by atoms with Gasteiger partial charge in [-0.1, -0.05) is 38.1 Å². The van der Waals surface area contributed by atoms with Gasteiger partial charge in [0, 0.05) is 11.8 Å². The van der Waals surface area contributed by atoms with Crippen LogP contribution in [0.15, 0.2) is 48.5 Å². The van der Waals surface area contributed by atoms with Crippen LogP contribution in [0.25, 0.3) is 6.08 Å². The first-order valence-electron chi connectivity index (χ1n) is 8.65. The topological polar surface area (TPSA) is 47.6 Å². The van der Waals surface area contributed by atoms with Gasteiger partial charge in [0.15, 0.2) is 11.5 Å². The van der Waals surface area contributed by atoms with E-state index in [1.807, 2.05) is 24.3 Å². The van der Waals surface area contributed by atoms with E-state index in [2.05, 4.69) is 23.9 Å². The minimum Gasteiger partial charge on any atom is -0.493 e. The Bertz CT molecular complexity index is 806. The zero-order valence-electron chi connectivity index (χ0n) is 15.5. The molecule has 1 amide bonds. The number of halogens is 2. The smallest absolute Gasteiger partial charge is 0.387 e. The fraction of sp³-hybridized carbons (Fsp3) is 0.286. The summed E-state index contributed by atoms with van der Waals surface area (Å²) in [6.07, 6.45) is 3.93. The van der Waals surface area contributed by atoms with Crippen molar-refractivity contribution in [2.45, 2.75) is 32.8 Å². The highest BCUT2D eigenvalue weighted by Crippen LogP contribution is 2.30. The van der Waals surface area contributed by atoms with E-state index >= 15 is 0 Å². The summed E-state index contributed by atoms with van der Waals surface area (Å²) in [4.78, 5) is 12.3. The van der Waals surface area contributed by atoms with Crippen LogP contribution in [0.2, 0.25) is 0 Å². The van der Waals surface area contributed by atoms with Crippen molar-refractivity contribution in [2.75, 3.05) is 12.4 Å². The number of hydrogen-bond acceptors (Lipinski definition) is 3. The number of amides is 1. The van der Waals surface area contributed by atoms with Crippen LogP contribution < -0.4 is 14.8 Å². The monoisotopic (exact) mass is 375 g/mol. The summed E-state index contributed by atoms with van der Waals surface area (Å²) in [5.41, 5.74) is 2.48. The van der Waals surface area contributed by atoms with Crippen molar-refractivity contribution in [3.05, 3.63) is 59.7 Å². The maximum Gasteiger partial charge on any atom is 0.387 e. The van der Waals surface area contributed by atoms with Crippen LogP contribution in [0.4, 0.5) is 14.5 Å². The number of benzene rings is 2. The molecule has 4 nitrogen and oxygen atoms in total. The highest BCUT2D eigenvalue weighted by Gasteiger charge is 2.11. The average Bonchev–Trinajstić information content (AvgIpc) is 2.66. The SMILES string of the molecule is CCC(C)c1ccccc1NC(=O)C=Cc1ccc(OC(F)F)c(OC)c1. The Morgan fingerprint density at radius 2 is 1.93 bits per heavy atom. The summed E-state index contributed by atoms with van der Waals surface area (Å²) in [5, 5.41) is 2.88. The maximum atomic E-state index is 12.4. The van der Waals surface area contributed by atoms with E-state index in [1.54, 1.807) is 12.1 Å². The van der Waals surface area contributed by atoms with Crippen LogP contribution in [0.3, 0.4) is 0 Å². The van der Waals surface area contributed by atoms with Gasteiger partial charge in [-0.3, -0.25) is 4.79 Å². The van der Waals surface area contributed by atoms with Crippen LogP contribution >= 0.6 is 0 Å². The molecule has 0 aliphatic carbocycles. The second kappa shape index (κ2) is 9.71. The molecule has 0 bridgehead atoms. The normalized spacial score (nSPS) is 12.2. The van der Waals surface area contributed by atoms with Crippen LogP contribution in [0.5, 0.6) is 11.5 Å². The van der Waals surface area contributed by atoms with Crippen molar-refractivity contribution >= 4 is 17.7 Å². The lowest BCUT2D eigenvalue weighted by molar-refractivity contribution is -0.111. The Morgan fingerprint density at radius 1 is 1.19 bits per heavy atom. The number of anilines is 1. The van der Waals surface area contributed by atoms with E-state index in [-0.39, 0.29) is 17.4 Å². The van der Waals surface area contributed by atoms with Crippen molar-refractivity contribution in [3.63, 3.8) is 0 Å². The van der Waals surface area contributed by atoms with E-state index in [0.29, 0.717) is 11.5 Å². The van der Waals surface area contributed by atoms with E-state index in [4.69, 9.17) is 4.74 Å². The molecule has 0 saturated carbocycles. The standard InChI is InChI=1S/C21H23F2NO3/c1-4-14(2)16-7-5-6-8-17(16)24-20(25)12-10-15-9-11-18(27-21(22)23)19(13-15)26-3/h5-14,21H,4H2,1-3H3,(H,24,25). The largest absolute Gasteiger partial charge is 0.493 e.